The van der Waals surface area contributed by atoms with E-state index in [0.717, 1.165) is 59.0 Å². The lowest BCUT2D eigenvalue weighted by molar-refractivity contribution is -0.120. The van der Waals surface area contributed by atoms with Gasteiger partial charge in [0.1, 0.15) is 12.1 Å². The SMILES string of the molecule is Cc1ccc([C@@H]2c3[nH]c4ccccc4c3C[C@H]3C(=O)N(c4ccccc4C(=O)NC4CCCCC4)C(=O)N23)cc1. The van der Waals surface area contributed by atoms with E-state index in [4.69, 9.17) is 0 Å². The van der Waals surface area contributed by atoms with E-state index < -0.39 is 18.1 Å². The molecule has 0 bridgehead atoms. The standard InChI is InChI=1S/C33H32N4O3/c1-20-15-17-21(18-16-20)30-29-25(23-11-5-7-13-26(23)35-29)19-28-32(39)37(33(40)36(28)30)27-14-8-6-12-24(27)31(38)34-22-9-3-2-4-10-22/h5-8,11-18,22,28,30,35H,2-4,9-10,19H2,1H3,(H,34,38)/t28-,30+/m0/s1. The summed E-state index contributed by atoms with van der Waals surface area (Å²) in [5.41, 5.74) is 5.75. The fourth-order valence-electron chi connectivity index (χ4n) is 6.76. The van der Waals surface area contributed by atoms with Gasteiger partial charge in [-0.05, 0) is 49.1 Å². The quantitative estimate of drug-likeness (QED) is 0.315. The third kappa shape index (κ3) is 3.91. The van der Waals surface area contributed by atoms with Crippen LogP contribution in [-0.2, 0) is 11.2 Å². The van der Waals surface area contributed by atoms with Gasteiger partial charge in [-0.15, -0.1) is 0 Å². The Morgan fingerprint density at radius 1 is 0.900 bits per heavy atom. The molecule has 2 fully saturated rings. The van der Waals surface area contributed by atoms with Crippen molar-refractivity contribution in [1.29, 1.82) is 0 Å². The van der Waals surface area contributed by atoms with Gasteiger partial charge in [-0.2, -0.15) is 0 Å². The number of benzene rings is 3. The van der Waals surface area contributed by atoms with Crippen LogP contribution in [0.2, 0.25) is 0 Å². The Labute approximate surface area is 233 Å². The van der Waals surface area contributed by atoms with Gasteiger partial charge in [0.05, 0.1) is 11.3 Å². The number of hydrogen-bond acceptors (Lipinski definition) is 3. The molecule has 2 aliphatic heterocycles. The van der Waals surface area contributed by atoms with Gasteiger partial charge < -0.3 is 10.3 Å². The van der Waals surface area contributed by atoms with E-state index in [2.05, 4.69) is 16.4 Å². The van der Waals surface area contributed by atoms with Crippen LogP contribution in [0.15, 0.2) is 72.8 Å². The van der Waals surface area contributed by atoms with Gasteiger partial charge in [0, 0.05) is 29.1 Å². The average Bonchev–Trinajstić information content (AvgIpc) is 3.47. The largest absolute Gasteiger partial charge is 0.356 e. The van der Waals surface area contributed by atoms with Crippen molar-refractivity contribution in [2.24, 2.45) is 0 Å². The summed E-state index contributed by atoms with van der Waals surface area (Å²) in [6, 6.07) is 21.8. The summed E-state index contributed by atoms with van der Waals surface area (Å²) in [6.45, 7) is 2.03. The van der Waals surface area contributed by atoms with Crippen LogP contribution in [-0.4, -0.2) is 39.8 Å². The first-order chi connectivity index (χ1) is 19.5. The zero-order chi connectivity index (χ0) is 27.4. The topological polar surface area (TPSA) is 85.5 Å². The van der Waals surface area contributed by atoms with Crippen LogP contribution in [0.3, 0.4) is 0 Å². The molecule has 7 nitrogen and oxygen atoms in total. The summed E-state index contributed by atoms with van der Waals surface area (Å²) in [6.07, 6.45) is 5.71. The lowest BCUT2D eigenvalue weighted by atomic mass is 9.88. The fraction of sp³-hybridized carbons (Fsp3) is 0.303. The maximum absolute atomic E-state index is 14.3. The van der Waals surface area contributed by atoms with E-state index in [1.807, 2.05) is 49.4 Å². The van der Waals surface area contributed by atoms with E-state index in [1.165, 1.54) is 11.3 Å². The Balaban J connectivity index is 1.30. The molecule has 2 N–H and O–H groups in total. The molecular weight excluding hydrogens is 500 g/mol. The number of para-hydroxylation sites is 2. The van der Waals surface area contributed by atoms with Crippen molar-refractivity contribution in [3.05, 3.63) is 101 Å². The highest BCUT2D eigenvalue weighted by Gasteiger charge is 2.53. The molecule has 202 valence electrons. The number of nitrogens with zero attached hydrogens (tertiary/aromatic N) is 2. The number of carbonyl (C=O) groups excluding carboxylic acids is 3. The van der Waals surface area contributed by atoms with Gasteiger partial charge in [-0.25, -0.2) is 9.69 Å². The second-order valence-electron chi connectivity index (χ2n) is 11.3. The minimum atomic E-state index is -0.667. The molecule has 4 amide bonds. The van der Waals surface area contributed by atoms with E-state index in [9.17, 15) is 14.4 Å². The summed E-state index contributed by atoms with van der Waals surface area (Å²) >= 11 is 0. The summed E-state index contributed by atoms with van der Waals surface area (Å²) in [5, 5.41) is 4.22. The Kier molecular flexibility index (Phi) is 5.95. The molecule has 1 aromatic heterocycles. The van der Waals surface area contributed by atoms with Gasteiger partial charge in [0.15, 0.2) is 0 Å². The zero-order valence-corrected chi connectivity index (χ0v) is 22.5. The molecule has 0 radical (unpaired) electrons. The molecule has 4 aromatic rings. The number of nitrogens with one attached hydrogen (secondary N) is 2. The molecule has 7 heteroatoms. The number of fused-ring (bicyclic) bond motifs is 4. The fourth-order valence-corrected chi connectivity index (χ4v) is 6.76. The first-order valence-corrected chi connectivity index (χ1v) is 14.2. The van der Waals surface area contributed by atoms with Gasteiger partial charge in [-0.3, -0.25) is 14.5 Å². The second kappa shape index (κ2) is 9.66. The number of carbonyl (C=O) groups is 3. The number of urea groups is 1. The highest BCUT2D eigenvalue weighted by molar-refractivity contribution is 6.24. The van der Waals surface area contributed by atoms with Crippen molar-refractivity contribution in [3.8, 4) is 0 Å². The van der Waals surface area contributed by atoms with E-state index in [-0.39, 0.29) is 17.9 Å². The number of aromatic amines is 1. The number of anilines is 1. The van der Waals surface area contributed by atoms with Gasteiger partial charge >= 0.3 is 6.03 Å². The normalized spacial score (nSPS) is 21.0. The number of hydrogen-bond donors (Lipinski definition) is 2. The monoisotopic (exact) mass is 532 g/mol. The number of amides is 4. The van der Waals surface area contributed by atoms with Crippen LogP contribution in [0, 0.1) is 6.92 Å². The van der Waals surface area contributed by atoms with E-state index in [1.54, 1.807) is 29.2 Å². The third-order valence-electron chi connectivity index (χ3n) is 8.77. The molecular formula is C33H32N4O3. The summed E-state index contributed by atoms with van der Waals surface area (Å²) in [5.74, 6) is -0.532. The van der Waals surface area contributed by atoms with Gasteiger partial charge in [0.25, 0.3) is 11.8 Å². The number of imide groups is 1. The summed E-state index contributed by atoms with van der Waals surface area (Å²) < 4.78 is 0. The summed E-state index contributed by atoms with van der Waals surface area (Å²) in [4.78, 5) is 48.4. The molecule has 0 unspecified atom stereocenters. The molecule has 2 atom stereocenters. The van der Waals surface area contributed by atoms with Crippen LogP contribution in [0.5, 0.6) is 0 Å². The van der Waals surface area contributed by atoms with Gasteiger partial charge in [0.2, 0.25) is 0 Å². The number of rotatable bonds is 4. The molecule has 3 heterocycles. The number of aryl methyl sites for hydroxylation is 1. The Hall–Kier alpha value is -4.39. The maximum Gasteiger partial charge on any atom is 0.332 e. The molecule has 1 saturated heterocycles. The predicted molar refractivity (Wildman–Crippen MR) is 154 cm³/mol. The van der Waals surface area contributed by atoms with Crippen molar-refractivity contribution >= 4 is 34.4 Å². The highest BCUT2D eigenvalue weighted by atomic mass is 16.2. The van der Waals surface area contributed by atoms with Gasteiger partial charge in [-0.1, -0.05) is 79.4 Å². The maximum atomic E-state index is 14.3. The highest BCUT2D eigenvalue weighted by Crippen LogP contribution is 2.45. The van der Waals surface area contributed by atoms with Crippen LogP contribution in [0.4, 0.5) is 10.5 Å². The van der Waals surface area contributed by atoms with Crippen LogP contribution < -0.4 is 10.2 Å². The zero-order valence-electron chi connectivity index (χ0n) is 22.5. The van der Waals surface area contributed by atoms with E-state index in [0.29, 0.717) is 17.7 Å². The third-order valence-corrected chi connectivity index (χ3v) is 8.77. The Bertz CT molecular complexity index is 1630. The summed E-state index contributed by atoms with van der Waals surface area (Å²) in [7, 11) is 0. The van der Waals surface area contributed by atoms with Crippen molar-refractivity contribution in [1.82, 2.24) is 15.2 Å². The molecule has 40 heavy (non-hydrogen) atoms. The number of H-pyrrole nitrogens is 1. The van der Waals surface area contributed by atoms with Crippen molar-refractivity contribution in [2.45, 2.75) is 63.6 Å². The average molecular weight is 533 g/mol. The van der Waals surface area contributed by atoms with E-state index >= 15 is 0 Å². The molecule has 7 rings (SSSR count). The first kappa shape index (κ1) is 24.6. The molecule has 1 aliphatic carbocycles. The predicted octanol–water partition coefficient (Wildman–Crippen LogP) is 6.02. The first-order valence-electron chi connectivity index (χ1n) is 14.2. The minimum Gasteiger partial charge on any atom is -0.356 e. The number of aromatic nitrogens is 1. The van der Waals surface area contributed by atoms with Crippen LogP contribution >= 0.6 is 0 Å². The smallest absolute Gasteiger partial charge is 0.332 e. The van der Waals surface area contributed by atoms with Crippen molar-refractivity contribution < 1.29 is 14.4 Å². The Morgan fingerprint density at radius 2 is 1.62 bits per heavy atom. The van der Waals surface area contributed by atoms with Crippen LogP contribution in [0.1, 0.15) is 70.9 Å². The lowest BCUT2D eigenvalue weighted by Crippen LogP contribution is -2.44. The molecule has 3 aromatic carbocycles. The minimum absolute atomic E-state index is 0.120. The van der Waals surface area contributed by atoms with Crippen LogP contribution in [0.25, 0.3) is 10.9 Å². The Morgan fingerprint density at radius 3 is 2.42 bits per heavy atom. The van der Waals surface area contributed by atoms with Crippen molar-refractivity contribution in [2.75, 3.05) is 4.90 Å². The molecule has 0 spiro atoms. The lowest BCUT2D eigenvalue weighted by Gasteiger charge is -2.36. The molecule has 3 aliphatic rings. The van der Waals surface area contributed by atoms with Crippen molar-refractivity contribution in [3.63, 3.8) is 0 Å². The second-order valence-corrected chi connectivity index (χ2v) is 11.3. The molecule has 1 saturated carbocycles.